The van der Waals surface area contributed by atoms with Gasteiger partial charge in [0.05, 0.1) is 11.7 Å². The van der Waals surface area contributed by atoms with Crippen LogP contribution in [-0.4, -0.2) is 50.3 Å². The van der Waals surface area contributed by atoms with Gasteiger partial charge < -0.3 is 15.0 Å². The highest BCUT2D eigenvalue weighted by atomic mass is 16.5. The van der Waals surface area contributed by atoms with Crippen LogP contribution in [0, 0.1) is 0 Å². The summed E-state index contributed by atoms with van der Waals surface area (Å²) in [6, 6.07) is 0. The molecule has 3 heteroatoms. The SMILES string of the molecule is CNCCN(C)CC1CCC2(CCCCC2)O1. The Kier molecular flexibility index (Phi) is 4.83. The molecule has 1 N–H and O–H groups in total. The summed E-state index contributed by atoms with van der Waals surface area (Å²) in [6.45, 7) is 3.28. The van der Waals surface area contributed by atoms with E-state index in [1.165, 1.54) is 44.9 Å². The van der Waals surface area contributed by atoms with Crippen molar-refractivity contribution in [3.8, 4) is 0 Å². The van der Waals surface area contributed by atoms with Crippen molar-refractivity contribution in [2.45, 2.75) is 56.7 Å². The second kappa shape index (κ2) is 6.17. The van der Waals surface area contributed by atoms with Crippen molar-refractivity contribution in [3.63, 3.8) is 0 Å². The van der Waals surface area contributed by atoms with Crippen molar-refractivity contribution in [1.82, 2.24) is 10.2 Å². The summed E-state index contributed by atoms with van der Waals surface area (Å²) in [5.41, 5.74) is 0.284. The standard InChI is InChI=1S/C14H28N2O/c1-15-10-11-16(2)12-13-6-9-14(17-13)7-4-3-5-8-14/h13,15H,3-12H2,1-2H3. The van der Waals surface area contributed by atoms with Crippen molar-refractivity contribution in [3.05, 3.63) is 0 Å². The van der Waals surface area contributed by atoms with Gasteiger partial charge >= 0.3 is 0 Å². The van der Waals surface area contributed by atoms with Gasteiger partial charge in [0.15, 0.2) is 0 Å². The summed E-state index contributed by atoms with van der Waals surface area (Å²) in [6.07, 6.45) is 9.84. The second-order valence-electron chi connectivity index (χ2n) is 5.89. The van der Waals surface area contributed by atoms with Crippen molar-refractivity contribution < 1.29 is 4.74 Å². The smallest absolute Gasteiger partial charge is 0.0710 e. The third-order valence-corrected chi connectivity index (χ3v) is 4.36. The molecule has 0 amide bonds. The van der Waals surface area contributed by atoms with Crippen molar-refractivity contribution in [1.29, 1.82) is 0 Å². The normalized spacial score (nSPS) is 28.1. The van der Waals surface area contributed by atoms with Gasteiger partial charge in [0.25, 0.3) is 0 Å². The van der Waals surface area contributed by atoms with Crippen LogP contribution in [-0.2, 0) is 4.74 Å². The number of rotatable bonds is 5. The second-order valence-corrected chi connectivity index (χ2v) is 5.89. The molecule has 17 heavy (non-hydrogen) atoms. The molecular weight excluding hydrogens is 212 g/mol. The highest BCUT2D eigenvalue weighted by Crippen LogP contribution is 2.41. The maximum Gasteiger partial charge on any atom is 0.0710 e. The molecule has 0 aromatic rings. The minimum atomic E-state index is 0.284. The molecule has 2 fully saturated rings. The summed E-state index contributed by atoms with van der Waals surface area (Å²) in [5, 5.41) is 3.20. The van der Waals surface area contributed by atoms with Gasteiger partial charge in [-0.25, -0.2) is 0 Å². The molecule has 0 bridgehead atoms. The van der Waals surface area contributed by atoms with E-state index in [0.29, 0.717) is 6.10 Å². The zero-order valence-corrected chi connectivity index (χ0v) is 11.5. The average molecular weight is 240 g/mol. The lowest BCUT2D eigenvalue weighted by molar-refractivity contribution is -0.0700. The lowest BCUT2D eigenvalue weighted by Crippen LogP contribution is -2.37. The molecule has 1 unspecified atom stereocenters. The molecule has 2 aliphatic rings. The molecule has 1 heterocycles. The number of likely N-dealkylation sites (N-methyl/N-ethyl adjacent to an activating group) is 2. The average Bonchev–Trinajstić information content (AvgIpc) is 2.70. The summed E-state index contributed by atoms with van der Waals surface area (Å²) in [4.78, 5) is 2.39. The molecule has 1 aliphatic heterocycles. The summed E-state index contributed by atoms with van der Waals surface area (Å²) in [5.74, 6) is 0. The van der Waals surface area contributed by atoms with E-state index in [-0.39, 0.29) is 5.60 Å². The van der Waals surface area contributed by atoms with E-state index in [1.807, 2.05) is 7.05 Å². The minimum Gasteiger partial charge on any atom is -0.370 e. The zero-order chi connectivity index (χ0) is 12.1. The van der Waals surface area contributed by atoms with Gasteiger partial charge in [0, 0.05) is 19.6 Å². The Labute approximate surface area is 106 Å². The van der Waals surface area contributed by atoms with Crippen LogP contribution in [0.15, 0.2) is 0 Å². The van der Waals surface area contributed by atoms with Crippen molar-refractivity contribution in [2.24, 2.45) is 0 Å². The molecule has 1 saturated heterocycles. The van der Waals surface area contributed by atoms with E-state index in [4.69, 9.17) is 4.74 Å². The van der Waals surface area contributed by atoms with E-state index >= 15 is 0 Å². The fourth-order valence-electron chi connectivity index (χ4n) is 3.33. The summed E-state index contributed by atoms with van der Waals surface area (Å²) < 4.78 is 6.38. The van der Waals surface area contributed by atoms with Crippen LogP contribution in [0.3, 0.4) is 0 Å². The van der Waals surface area contributed by atoms with Crippen LogP contribution in [0.5, 0.6) is 0 Å². The Morgan fingerprint density at radius 1 is 1.24 bits per heavy atom. The zero-order valence-electron chi connectivity index (χ0n) is 11.5. The highest BCUT2D eigenvalue weighted by molar-refractivity contribution is 4.91. The summed E-state index contributed by atoms with van der Waals surface area (Å²) in [7, 11) is 4.21. The van der Waals surface area contributed by atoms with Crippen LogP contribution >= 0.6 is 0 Å². The lowest BCUT2D eigenvalue weighted by Gasteiger charge is -2.34. The Balaban J connectivity index is 1.73. The van der Waals surface area contributed by atoms with Gasteiger partial charge in [-0.3, -0.25) is 0 Å². The third kappa shape index (κ3) is 3.67. The first-order chi connectivity index (χ1) is 8.24. The molecule has 0 radical (unpaired) electrons. The van der Waals surface area contributed by atoms with E-state index < -0.39 is 0 Å². The number of nitrogens with zero attached hydrogens (tertiary/aromatic N) is 1. The molecule has 1 saturated carbocycles. The monoisotopic (exact) mass is 240 g/mol. The van der Waals surface area contributed by atoms with Crippen LogP contribution in [0.1, 0.15) is 44.9 Å². The van der Waals surface area contributed by atoms with E-state index in [0.717, 1.165) is 19.6 Å². The van der Waals surface area contributed by atoms with Crippen molar-refractivity contribution in [2.75, 3.05) is 33.7 Å². The largest absolute Gasteiger partial charge is 0.370 e. The Morgan fingerprint density at radius 2 is 2.00 bits per heavy atom. The molecule has 100 valence electrons. The van der Waals surface area contributed by atoms with Crippen molar-refractivity contribution >= 4 is 0 Å². The predicted octanol–water partition coefficient (Wildman–Crippen LogP) is 2.02. The Hall–Kier alpha value is -0.120. The van der Waals surface area contributed by atoms with Gasteiger partial charge in [-0.1, -0.05) is 19.3 Å². The van der Waals surface area contributed by atoms with Crippen LogP contribution in [0.25, 0.3) is 0 Å². The fourth-order valence-corrected chi connectivity index (χ4v) is 3.33. The van der Waals surface area contributed by atoms with E-state index in [1.54, 1.807) is 0 Å². The molecule has 3 nitrogen and oxygen atoms in total. The van der Waals surface area contributed by atoms with Gasteiger partial charge in [0.2, 0.25) is 0 Å². The molecule has 1 atom stereocenters. The number of ether oxygens (including phenoxy) is 1. The molecule has 1 aliphatic carbocycles. The topological polar surface area (TPSA) is 24.5 Å². The summed E-state index contributed by atoms with van der Waals surface area (Å²) >= 11 is 0. The Bertz CT molecular complexity index is 226. The quantitative estimate of drug-likeness (QED) is 0.795. The van der Waals surface area contributed by atoms with Gasteiger partial charge in [-0.15, -0.1) is 0 Å². The van der Waals surface area contributed by atoms with Gasteiger partial charge in [-0.05, 0) is 39.8 Å². The van der Waals surface area contributed by atoms with E-state index in [2.05, 4.69) is 17.3 Å². The van der Waals surface area contributed by atoms with Gasteiger partial charge in [0.1, 0.15) is 0 Å². The first kappa shape index (κ1) is 13.3. The minimum absolute atomic E-state index is 0.284. The molecule has 1 spiro atoms. The molecule has 2 rings (SSSR count). The molecule has 0 aromatic carbocycles. The van der Waals surface area contributed by atoms with E-state index in [9.17, 15) is 0 Å². The number of hydrogen-bond acceptors (Lipinski definition) is 3. The van der Waals surface area contributed by atoms with Gasteiger partial charge in [-0.2, -0.15) is 0 Å². The highest BCUT2D eigenvalue weighted by Gasteiger charge is 2.40. The first-order valence-electron chi connectivity index (χ1n) is 7.25. The number of nitrogens with one attached hydrogen (secondary N) is 1. The van der Waals surface area contributed by atoms with Crippen LogP contribution < -0.4 is 5.32 Å². The predicted molar refractivity (Wildman–Crippen MR) is 71.3 cm³/mol. The first-order valence-corrected chi connectivity index (χ1v) is 7.25. The number of hydrogen-bond donors (Lipinski definition) is 1. The van der Waals surface area contributed by atoms with Crippen LogP contribution in [0.4, 0.5) is 0 Å². The molecular formula is C14H28N2O. The molecule has 0 aromatic heterocycles. The Morgan fingerprint density at radius 3 is 2.71 bits per heavy atom. The fraction of sp³-hybridized carbons (Fsp3) is 1.00. The van der Waals surface area contributed by atoms with Crippen LogP contribution in [0.2, 0.25) is 0 Å². The third-order valence-electron chi connectivity index (χ3n) is 4.36. The lowest BCUT2D eigenvalue weighted by atomic mass is 9.83. The maximum absolute atomic E-state index is 6.38. The maximum atomic E-state index is 6.38.